The van der Waals surface area contributed by atoms with Gasteiger partial charge in [0.25, 0.3) is 5.91 Å². The number of carbonyl (C=O) groups excluding carboxylic acids is 2. The number of carbonyl (C=O) groups is 2. The number of nitrogens with one attached hydrogen (secondary N) is 2. The summed E-state index contributed by atoms with van der Waals surface area (Å²) in [6.45, 7) is 3.44. The van der Waals surface area contributed by atoms with Crippen molar-refractivity contribution in [1.82, 2.24) is 10.6 Å². The molecule has 0 bridgehead atoms. The Morgan fingerprint density at radius 2 is 1.68 bits per heavy atom. The Bertz CT molecular complexity index is 469. The SMILES string of the molecule is CNC(=O)C(NC(=O)c1c(F)cccc1F)C(C)C. The third kappa shape index (κ3) is 3.49. The highest BCUT2D eigenvalue weighted by atomic mass is 19.1. The Kier molecular flexibility index (Phi) is 4.97. The second-order valence-corrected chi connectivity index (χ2v) is 4.41. The van der Waals surface area contributed by atoms with Crippen molar-refractivity contribution in [2.75, 3.05) is 7.05 Å². The van der Waals surface area contributed by atoms with Crippen LogP contribution in [0.1, 0.15) is 24.2 Å². The van der Waals surface area contributed by atoms with Crippen LogP contribution >= 0.6 is 0 Å². The number of benzene rings is 1. The Labute approximate surface area is 110 Å². The van der Waals surface area contributed by atoms with Crippen LogP contribution in [0.5, 0.6) is 0 Å². The van der Waals surface area contributed by atoms with Gasteiger partial charge in [-0.3, -0.25) is 9.59 Å². The Balaban J connectivity index is 2.98. The molecule has 0 heterocycles. The van der Waals surface area contributed by atoms with Gasteiger partial charge in [0.2, 0.25) is 5.91 Å². The molecular formula is C13H16F2N2O2. The van der Waals surface area contributed by atoms with Crippen LogP contribution in [0.2, 0.25) is 0 Å². The zero-order valence-corrected chi connectivity index (χ0v) is 11.0. The van der Waals surface area contributed by atoms with Gasteiger partial charge in [-0.05, 0) is 18.1 Å². The summed E-state index contributed by atoms with van der Waals surface area (Å²) in [7, 11) is 1.42. The van der Waals surface area contributed by atoms with Crippen LogP contribution < -0.4 is 10.6 Å². The predicted molar refractivity (Wildman–Crippen MR) is 66.5 cm³/mol. The van der Waals surface area contributed by atoms with Crippen molar-refractivity contribution in [3.05, 3.63) is 35.4 Å². The molecule has 4 nitrogen and oxygen atoms in total. The maximum Gasteiger partial charge on any atom is 0.257 e. The first-order valence-electron chi connectivity index (χ1n) is 5.85. The topological polar surface area (TPSA) is 58.2 Å². The predicted octanol–water partition coefficient (Wildman–Crippen LogP) is 1.47. The fourth-order valence-corrected chi connectivity index (χ4v) is 1.62. The zero-order chi connectivity index (χ0) is 14.6. The van der Waals surface area contributed by atoms with Gasteiger partial charge in [-0.25, -0.2) is 8.78 Å². The molecule has 0 radical (unpaired) electrons. The van der Waals surface area contributed by atoms with E-state index in [1.54, 1.807) is 13.8 Å². The van der Waals surface area contributed by atoms with Crippen LogP contribution in [-0.4, -0.2) is 24.9 Å². The molecule has 2 amide bonds. The summed E-state index contributed by atoms with van der Waals surface area (Å²) in [6, 6.07) is 2.29. The van der Waals surface area contributed by atoms with Crippen LogP contribution in [-0.2, 0) is 4.79 Å². The molecule has 0 fully saturated rings. The van der Waals surface area contributed by atoms with Gasteiger partial charge < -0.3 is 10.6 Å². The minimum atomic E-state index is -0.961. The van der Waals surface area contributed by atoms with Crippen LogP contribution in [0.3, 0.4) is 0 Å². The van der Waals surface area contributed by atoms with Crippen molar-refractivity contribution in [2.45, 2.75) is 19.9 Å². The van der Waals surface area contributed by atoms with E-state index in [1.165, 1.54) is 13.1 Å². The van der Waals surface area contributed by atoms with E-state index in [-0.39, 0.29) is 5.92 Å². The molecule has 0 spiro atoms. The summed E-state index contributed by atoms with van der Waals surface area (Å²) < 4.78 is 26.9. The van der Waals surface area contributed by atoms with Crippen molar-refractivity contribution >= 4 is 11.8 Å². The highest BCUT2D eigenvalue weighted by Crippen LogP contribution is 2.13. The molecule has 0 aromatic heterocycles. The minimum Gasteiger partial charge on any atom is -0.357 e. The summed E-state index contributed by atoms with van der Waals surface area (Å²) in [5, 5.41) is 4.73. The first kappa shape index (κ1) is 15.1. The third-order valence-electron chi connectivity index (χ3n) is 2.67. The molecule has 104 valence electrons. The van der Waals surface area contributed by atoms with E-state index >= 15 is 0 Å². The van der Waals surface area contributed by atoms with Crippen molar-refractivity contribution in [3.8, 4) is 0 Å². The molecule has 1 aromatic rings. The summed E-state index contributed by atoms with van der Waals surface area (Å²) in [6.07, 6.45) is 0. The van der Waals surface area contributed by atoms with Gasteiger partial charge in [0, 0.05) is 7.05 Å². The van der Waals surface area contributed by atoms with Gasteiger partial charge in [-0.15, -0.1) is 0 Å². The molecule has 0 saturated carbocycles. The summed E-state index contributed by atoms with van der Waals surface area (Å²) in [5.74, 6) is -3.49. The summed E-state index contributed by atoms with van der Waals surface area (Å²) in [5.41, 5.74) is -0.683. The molecule has 1 unspecified atom stereocenters. The molecule has 6 heteroatoms. The number of hydrogen-bond acceptors (Lipinski definition) is 2. The number of amides is 2. The number of hydrogen-bond donors (Lipinski definition) is 2. The first-order valence-corrected chi connectivity index (χ1v) is 5.85. The van der Waals surface area contributed by atoms with Gasteiger partial charge in [0.05, 0.1) is 0 Å². The second-order valence-electron chi connectivity index (χ2n) is 4.41. The first-order chi connectivity index (χ1) is 8.88. The average molecular weight is 270 g/mol. The second kappa shape index (κ2) is 6.26. The van der Waals surface area contributed by atoms with Gasteiger partial charge in [-0.1, -0.05) is 19.9 Å². The highest BCUT2D eigenvalue weighted by molar-refractivity contribution is 5.98. The van der Waals surface area contributed by atoms with Crippen molar-refractivity contribution < 1.29 is 18.4 Å². The van der Waals surface area contributed by atoms with Crippen molar-refractivity contribution in [1.29, 1.82) is 0 Å². The monoisotopic (exact) mass is 270 g/mol. The fraction of sp³-hybridized carbons (Fsp3) is 0.385. The van der Waals surface area contributed by atoms with E-state index < -0.39 is 35.1 Å². The molecule has 2 N–H and O–H groups in total. The zero-order valence-electron chi connectivity index (χ0n) is 11.0. The van der Waals surface area contributed by atoms with E-state index in [9.17, 15) is 18.4 Å². The largest absolute Gasteiger partial charge is 0.357 e. The Hall–Kier alpha value is -1.98. The lowest BCUT2D eigenvalue weighted by Gasteiger charge is -2.20. The molecule has 19 heavy (non-hydrogen) atoms. The van der Waals surface area contributed by atoms with E-state index in [1.807, 2.05) is 0 Å². The maximum absolute atomic E-state index is 13.4. The third-order valence-corrected chi connectivity index (χ3v) is 2.67. The standard InChI is InChI=1S/C13H16F2N2O2/c1-7(2)11(13(19)16-3)17-12(18)10-8(14)5-4-6-9(10)15/h4-7,11H,1-3H3,(H,16,19)(H,17,18). The van der Waals surface area contributed by atoms with Crippen LogP contribution in [0, 0.1) is 17.6 Å². The van der Waals surface area contributed by atoms with Crippen LogP contribution in [0.25, 0.3) is 0 Å². The molecule has 0 aliphatic rings. The number of halogens is 2. The Morgan fingerprint density at radius 3 is 2.11 bits per heavy atom. The van der Waals surface area contributed by atoms with E-state index in [4.69, 9.17) is 0 Å². The normalized spacial score (nSPS) is 12.1. The molecule has 1 atom stereocenters. The molecule has 1 rings (SSSR count). The van der Waals surface area contributed by atoms with Gasteiger partial charge in [0.15, 0.2) is 0 Å². The molecular weight excluding hydrogens is 254 g/mol. The fourth-order valence-electron chi connectivity index (χ4n) is 1.62. The van der Waals surface area contributed by atoms with E-state index in [0.717, 1.165) is 12.1 Å². The minimum absolute atomic E-state index is 0.210. The average Bonchev–Trinajstić information content (AvgIpc) is 2.34. The maximum atomic E-state index is 13.4. The van der Waals surface area contributed by atoms with Gasteiger partial charge >= 0.3 is 0 Å². The lowest BCUT2D eigenvalue weighted by atomic mass is 10.0. The lowest BCUT2D eigenvalue weighted by molar-refractivity contribution is -0.123. The number of likely N-dealkylation sites (N-methyl/N-ethyl adjacent to an activating group) is 1. The lowest BCUT2D eigenvalue weighted by Crippen LogP contribution is -2.49. The molecule has 0 saturated heterocycles. The van der Waals surface area contributed by atoms with Crippen molar-refractivity contribution in [2.24, 2.45) is 5.92 Å². The van der Waals surface area contributed by atoms with Crippen LogP contribution in [0.15, 0.2) is 18.2 Å². The summed E-state index contributed by atoms with van der Waals surface area (Å²) in [4.78, 5) is 23.4. The van der Waals surface area contributed by atoms with Gasteiger partial charge in [0.1, 0.15) is 23.2 Å². The number of rotatable bonds is 4. The van der Waals surface area contributed by atoms with Gasteiger partial charge in [-0.2, -0.15) is 0 Å². The molecule has 0 aliphatic heterocycles. The van der Waals surface area contributed by atoms with E-state index in [2.05, 4.69) is 10.6 Å². The van der Waals surface area contributed by atoms with Crippen LogP contribution in [0.4, 0.5) is 8.78 Å². The molecule has 1 aromatic carbocycles. The smallest absolute Gasteiger partial charge is 0.257 e. The molecule has 0 aliphatic carbocycles. The Morgan fingerprint density at radius 1 is 1.16 bits per heavy atom. The quantitative estimate of drug-likeness (QED) is 0.870. The summed E-state index contributed by atoms with van der Waals surface area (Å²) >= 11 is 0. The van der Waals surface area contributed by atoms with E-state index in [0.29, 0.717) is 0 Å². The van der Waals surface area contributed by atoms with Crippen molar-refractivity contribution in [3.63, 3.8) is 0 Å². The highest BCUT2D eigenvalue weighted by Gasteiger charge is 2.26.